The third kappa shape index (κ3) is 7.00. The molecule has 0 spiro atoms. The highest BCUT2D eigenvalue weighted by Crippen LogP contribution is 2.24. The summed E-state index contributed by atoms with van der Waals surface area (Å²) in [6.45, 7) is 10.6. The zero-order valence-electron chi connectivity index (χ0n) is 16.9. The van der Waals surface area contributed by atoms with E-state index >= 15 is 0 Å². The molecule has 0 aliphatic rings. The molecule has 1 amide bonds. The minimum atomic E-state index is -0.260. The molecule has 2 aromatic carbocycles. The van der Waals surface area contributed by atoms with Gasteiger partial charge >= 0.3 is 0 Å². The Balaban J connectivity index is 0.00000364. The number of halogens is 1. The molecule has 148 valence electrons. The summed E-state index contributed by atoms with van der Waals surface area (Å²) in [4.78, 5) is 15.4. The van der Waals surface area contributed by atoms with Crippen LogP contribution in [-0.2, 0) is 4.79 Å². The fourth-order valence-corrected chi connectivity index (χ4v) is 3.47. The van der Waals surface area contributed by atoms with Crippen LogP contribution in [0.15, 0.2) is 60.7 Å². The predicted molar refractivity (Wildman–Crippen MR) is 117 cm³/mol. The monoisotopic (exact) mass is 388 g/mol. The van der Waals surface area contributed by atoms with Gasteiger partial charge in [0, 0.05) is 25.2 Å². The fourth-order valence-electron chi connectivity index (χ4n) is 3.47. The summed E-state index contributed by atoms with van der Waals surface area (Å²) in [5.74, 6) is -0.188. The quantitative estimate of drug-likeness (QED) is 0.622. The van der Waals surface area contributed by atoms with Crippen molar-refractivity contribution < 1.29 is 4.79 Å². The smallest absolute Gasteiger partial charge is 0.232 e. The van der Waals surface area contributed by atoms with Crippen molar-refractivity contribution in [2.24, 2.45) is 0 Å². The van der Waals surface area contributed by atoms with Crippen LogP contribution in [0.3, 0.4) is 0 Å². The zero-order valence-corrected chi connectivity index (χ0v) is 17.7. The molecule has 0 radical (unpaired) electrons. The van der Waals surface area contributed by atoms with E-state index in [9.17, 15) is 4.79 Å². The van der Waals surface area contributed by atoms with Crippen LogP contribution in [0.5, 0.6) is 0 Å². The van der Waals surface area contributed by atoms with Crippen molar-refractivity contribution in [1.29, 1.82) is 0 Å². The van der Waals surface area contributed by atoms with Crippen LogP contribution in [0, 0.1) is 0 Å². The van der Waals surface area contributed by atoms with Gasteiger partial charge in [0.2, 0.25) is 5.91 Å². The molecule has 0 fully saturated rings. The van der Waals surface area contributed by atoms with E-state index in [1.54, 1.807) is 0 Å². The molecule has 0 heterocycles. The zero-order chi connectivity index (χ0) is 18.9. The fraction of sp³-hybridized carbons (Fsp3) is 0.435. The van der Waals surface area contributed by atoms with Crippen molar-refractivity contribution in [2.45, 2.75) is 52.1 Å². The maximum absolute atomic E-state index is 12.9. The van der Waals surface area contributed by atoms with Gasteiger partial charge in [0.05, 0.1) is 5.92 Å². The number of carbonyl (C=O) groups excluding carboxylic acids is 1. The normalized spacial score (nSPS) is 11.1. The molecule has 2 aromatic rings. The lowest BCUT2D eigenvalue weighted by Gasteiger charge is -2.30. The van der Waals surface area contributed by atoms with Gasteiger partial charge in [-0.2, -0.15) is 0 Å². The van der Waals surface area contributed by atoms with Crippen LogP contribution in [-0.4, -0.2) is 36.0 Å². The van der Waals surface area contributed by atoms with Crippen LogP contribution in [0.2, 0.25) is 0 Å². The number of hydrogen-bond acceptors (Lipinski definition) is 2. The number of rotatable bonds is 9. The molecule has 0 aromatic heterocycles. The van der Waals surface area contributed by atoms with E-state index in [0.29, 0.717) is 18.6 Å². The first-order valence-electron chi connectivity index (χ1n) is 9.64. The van der Waals surface area contributed by atoms with E-state index in [0.717, 1.165) is 24.1 Å². The third-order valence-corrected chi connectivity index (χ3v) is 4.75. The van der Waals surface area contributed by atoms with Gasteiger partial charge in [-0.1, -0.05) is 60.7 Å². The van der Waals surface area contributed by atoms with Gasteiger partial charge in [-0.25, -0.2) is 0 Å². The molecule has 4 heteroatoms. The minimum Gasteiger partial charge on any atom is -0.355 e. The second-order valence-electron chi connectivity index (χ2n) is 7.32. The summed E-state index contributed by atoms with van der Waals surface area (Å²) in [5, 5.41) is 3.15. The molecule has 3 nitrogen and oxygen atoms in total. The van der Waals surface area contributed by atoms with Gasteiger partial charge in [0.15, 0.2) is 0 Å². The van der Waals surface area contributed by atoms with Gasteiger partial charge in [0.1, 0.15) is 0 Å². The Labute approximate surface area is 170 Å². The Morgan fingerprint density at radius 1 is 0.852 bits per heavy atom. The van der Waals surface area contributed by atoms with E-state index in [4.69, 9.17) is 0 Å². The van der Waals surface area contributed by atoms with Crippen molar-refractivity contribution in [3.8, 4) is 0 Å². The number of benzene rings is 2. The van der Waals surface area contributed by atoms with Gasteiger partial charge in [-0.15, -0.1) is 12.4 Å². The molecule has 0 saturated carbocycles. The Bertz CT molecular complexity index is 611. The number of nitrogens with one attached hydrogen (secondary N) is 1. The lowest BCUT2D eigenvalue weighted by molar-refractivity contribution is -0.121. The number of hydrogen-bond donors (Lipinski definition) is 1. The summed E-state index contributed by atoms with van der Waals surface area (Å²) in [6, 6.07) is 21.1. The summed E-state index contributed by atoms with van der Waals surface area (Å²) >= 11 is 0. The van der Waals surface area contributed by atoms with Crippen LogP contribution in [0.4, 0.5) is 0 Å². The number of nitrogens with zero attached hydrogens (tertiary/aromatic N) is 1. The molecule has 2 rings (SSSR count). The van der Waals surface area contributed by atoms with E-state index < -0.39 is 0 Å². The van der Waals surface area contributed by atoms with E-state index in [-0.39, 0.29) is 24.2 Å². The lowest BCUT2D eigenvalue weighted by Crippen LogP contribution is -2.39. The molecular weight excluding hydrogens is 356 g/mol. The highest BCUT2D eigenvalue weighted by Gasteiger charge is 2.22. The second-order valence-corrected chi connectivity index (χ2v) is 7.32. The highest BCUT2D eigenvalue weighted by molar-refractivity contribution is 5.87. The van der Waals surface area contributed by atoms with Crippen LogP contribution in [0.1, 0.15) is 51.2 Å². The van der Waals surface area contributed by atoms with Gasteiger partial charge in [0.25, 0.3) is 0 Å². The van der Waals surface area contributed by atoms with Gasteiger partial charge in [-0.3, -0.25) is 9.69 Å². The molecule has 1 N–H and O–H groups in total. The second kappa shape index (κ2) is 11.8. The number of carbonyl (C=O) groups is 1. The molecule has 0 aliphatic carbocycles. The molecule has 0 atom stereocenters. The molecule has 27 heavy (non-hydrogen) atoms. The lowest BCUT2D eigenvalue weighted by atomic mass is 9.90. The summed E-state index contributed by atoms with van der Waals surface area (Å²) < 4.78 is 0. The first-order valence-corrected chi connectivity index (χ1v) is 9.64. The van der Waals surface area contributed by atoms with Gasteiger partial charge < -0.3 is 5.32 Å². The van der Waals surface area contributed by atoms with Crippen LogP contribution >= 0.6 is 12.4 Å². The maximum atomic E-state index is 12.9. The standard InChI is InChI=1S/C23H32N2O.ClH/c1-18(2)25(19(3)4)17-11-16-24-23(26)22(20-12-7-5-8-13-20)21-14-9-6-10-15-21;/h5-10,12-15,18-19,22H,11,16-17H2,1-4H3,(H,24,26);1H. The van der Waals surface area contributed by atoms with Crippen molar-refractivity contribution in [1.82, 2.24) is 10.2 Å². The van der Waals surface area contributed by atoms with Gasteiger partial charge in [-0.05, 0) is 45.2 Å². The molecule has 0 aliphatic heterocycles. The van der Waals surface area contributed by atoms with Crippen LogP contribution < -0.4 is 5.32 Å². The summed E-state index contributed by atoms with van der Waals surface area (Å²) in [5.41, 5.74) is 2.06. The van der Waals surface area contributed by atoms with Crippen molar-refractivity contribution in [3.05, 3.63) is 71.8 Å². The Morgan fingerprint density at radius 2 is 1.30 bits per heavy atom. The molecule has 0 bridgehead atoms. The SMILES string of the molecule is CC(C)N(CCCNC(=O)C(c1ccccc1)c1ccccc1)C(C)C.Cl. The average molecular weight is 389 g/mol. The van der Waals surface area contributed by atoms with Crippen molar-refractivity contribution in [2.75, 3.05) is 13.1 Å². The molecule has 0 unspecified atom stereocenters. The molecular formula is C23H33ClN2O. The first kappa shape index (κ1) is 23.2. The Morgan fingerprint density at radius 3 is 1.70 bits per heavy atom. The molecule has 0 saturated heterocycles. The topological polar surface area (TPSA) is 32.3 Å². The van der Waals surface area contributed by atoms with E-state index in [2.05, 4.69) is 37.9 Å². The minimum absolute atomic E-state index is 0. The van der Waals surface area contributed by atoms with E-state index in [1.807, 2.05) is 60.7 Å². The van der Waals surface area contributed by atoms with Crippen molar-refractivity contribution >= 4 is 18.3 Å². The highest BCUT2D eigenvalue weighted by atomic mass is 35.5. The predicted octanol–water partition coefficient (Wildman–Crippen LogP) is 4.87. The summed E-state index contributed by atoms with van der Waals surface area (Å²) in [7, 11) is 0. The Hall–Kier alpha value is -1.84. The van der Waals surface area contributed by atoms with E-state index in [1.165, 1.54) is 0 Å². The Kier molecular flexibility index (Phi) is 10.1. The first-order chi connectivity index (χ1) is 12.5. The number of amides is 1. The van der Waals surface area contributed by atoms with Crippen LogP contribution in [0.25, 0.3) is 0 Å². The average Bonchev–Trinajstić information content (AvgIpc) is 2.63. The summed E-state index contributed by atoms with van der Waals surface area (Å²) in [6.07, 6.45) is 0.957. The maximum Gasteiger partial charge on any atom is 0.232 e. The third-order valence-electron chi connectivity index (χ3n) is 4.75. The van der Waals surface area contributed by atoms with Crippen molar-refractivity contribution in [3.63, 3.8) is 0 Å². The largest absolute Gasteiger partial charge is 0.355 e.